The fourth-order valence-electron chi connectivity index (χ4n) is 2.73. The molecule has 0 atom stereocenters. The Morgan fingerprint density at radius 3 is 1.92 bits per heavy atom. The standard InChI is InChI=1S/C23H19Cl4N3O5S/c1-15-8-10-16(11-9-15)36(32,33)29-23(31)30(35-13-18-21(26)6-3-7-22(18)27)14-28-34-12-17-19(24)4-2-5-20(17)25/h2-11,14H,12-13H2,1H3,(H,29,31). The topological polar surface area (TPSA) is 97.3 Å². The fraction of sp³-hybridized carbons (Fsp3) is 0.130. The van der Waals surface area contributed by atoms with Gasteiger partial charge >= 0.3 is 6.03 Å². The molecule has 0 aromatic heterocycles. The predicted molar refractivity (Wildman–Crippen MR) is 140 cm³/mol. The first-order valence-corrected chi connectivity index (χ1v) is 13.1. The molecule has 0 aliphatic rings. The smallest absolute Gasteiger partial charge is 0.361 e. The Labute approximate surface area is 228 Å². The molecule has 3 aromatic carbocycles. The van der Waals surface area contributed by atoms with Crippen molar-refractivity contribution in [2.45, 2.75) is 25.0 Å². The van der Waals surface area contributed by atoms with E-state index in [9.17, 15) is 13.2 Å². The van der Waals surface area contributed by atoms with Gasteiger partial charge in [-0.1, -0.05) is 81.4 Å². The third-order valence-electron chi connectivity index (χ3n) is 4.66. The van der Waals surface area contributed by atoms with Crippen LogP contribution in [0.25, 0.3) is 0 Å². The van der Waals surface area contributed by atoms with Crippen molar-refractivity contribution in [1.29, 1.82) is 0 Å². The van der Waals surface area contributed by atoms with Gasteiger partial charge in [0.15, 0.2) is 6.34 Å². The summed E-state index contributed by atoms with van der Waals surface area (Å²) >= 11 is 24.5. The normalized spacial score (nSPS) is 11.5. The van der Waals surface area contributed by atoms with E-state index in [1.807, 2.05) is 4.72 Å². The van der Waals surface area contributed by atoms with Crippen LogP contribution < -0.4 is 4.72 Å². The van der Waals surface area contributed by atoms with Crippen molar-refractivity contribution in [3.8, 4) is 0 Å². The number of amides is 2. The summed E-state index contributed by atoms with van der Waals surface area (Å²) in [5.74, 6) is 0. The molecule has 2 amide bonds. The summed E-state index contributed by atoms with van der Waals surface area (Å²) in [5, 5.41) is 5.52. The number of oxime groups is 1. The van der Waals surface area contributed by atoms with Crippen molar-refractivity contribution in [2.75, 3.05) is 0 Å². The van der Waals surface area contributed by atoms with Crippen LogP contribution in [0.5, 0.6) is 0 Å². The van der Waals surface area contributed by atoms with Gasteiger partial charge in [-0.3, -0.25) is 4.84 Å². The summed E-state index contributed by atoms with van der Waals surface area (Å²) in [5.41, 5.74) is 1.70. The van der Waals surface area contributed by atoms with Crippen molar-refractivity contribution in [3.63, 3.8) is 0 Å². The average Bonchev–Trinajstić information content (AvgIpc) is 2.81. The van der Waals surface area contributed by atoms with Crippen LogP contribution in [0.1, 0.15) is 16.7 Å². The van der Waals surface area contributed by atoms with Gasteiger partial charge in [0.2, 0.25) is 0 Å². The molecule has 0 saturated carbocycles. The number of nitrogens with zero attached hydrogens (tertiary/aromatic N) is 2. The number of benzene rings is 3. The summed E-state index contributed by atoms with van der Waals surface area (Å²) in [4.78, 5) is 23.4. The lowest BCUT2D eigenvalue weighted by Crippen LogP contribution is -2.42. The summed E-state index contributed by atoms with van der Waals surface area (Å²) in [6, 6.07) is 14.5. The van der Waals surface area contributed by atoms with E-state index in [1.54, 1.807) is 55.5 Å². The summed E-state index contributed by atoms with van der Waals surface area (Å²) < 4.78 is 27.3. The van der Waals surface area contributed by atoms with Gasteiger partial charge in [-0.2, -0.15) is 5.06 Å². The van der Waals surface area contributed by atoms with Gasteiger partial charge in [0.05, 0.1) is 4.90 Å². The zero-order valence-electron chi connectivity index (χ0n) is 18.6. The number of aryl methyl sites for hydroxylation is 1. The first-order chi connectivity index (χ1) is 17.1. The van der Waals surface area contributed by atoms with Gasteiger partial charge in [-0.05, 0) is 43.3 Å². The molecule has 3 aromatic rings. The molecule has 0 fully saturated rings. The van der Waals surface area contributed by atoms with Crippen molar-refractivity contribution in [2.24, 2.45) is 5.16 Å². The van der Waals surface area contributed by atoms with Gasteiger partial charge in [0, 0.05) is 31.2 Å². The van der Waals surface area contributed by atoms with E-state index in [0.717, 1.165) is 11.9 Å². The Kier molecular flexibility index (Phi) is 9.84. The maximum absolute atomic E-state index is 12.8. The highest BCUT2D eigenvalue weighted by molar-refractivity contribution is 7.90. The SMILES string of the molecule is Cc1ccc(S(=O)(=O)NC(=O)N(C=NOCc2c(Cl)cccc2Cl)OCc2c(Cl)cccc2Cl)cc1. The molecule has 3 rings (SSSR count). The van der Waals surface area contributed by atoms with Crippen LogP contribution in [0, 0.1) is 6.92 Å². The van der Waals surface area contributed by atoms with E-state index < -0.39 is 16.1 Å². The molecule has 0 heterocycles. The molecule has 1 N–H and O–H groups in total. The molecule has 8 nitrogen and oxygen atoms in total. The molecule has 0 aliphatic heterocycles. The van der Waals surface area contributed by atoms with E-state index in [-0.39, 0.29) is 28.2 Å². The fourth-order valence-corrected chi connectivity index (χ4v) is 4.68. The molecular formula is C23H19Cl4N3O5S. The highest BCUT2D eigenvalue weighted by atomic mass is 35.5. The van der Waals surface area contributed by atoms with Crippen molar-refractivity contribution in [1.82, 2.24) is 9.79 Å². The molecule has 0 unspecified atom stereocenters. The maximum Gasteiger partial charge on any atom is 0.361 e. The number of rotatable bonds is 9. The molecular weight excluding hydrogens is 572 g/mol. The quantitative estimate of drug-likeness (QED) is 0.172. The third-order valence-corrected chi connectivity index (χ3v) is 7.41. The van der Waals surface area contributed by atoms with Gasteiger partial charge in [0.1, 0.15) is 13.2 Å². The number of hydroxylamine groups is 2. The number of halogens is 4. The first kappa shape index (κ1) is 28.0. The van der Waals surface area contributed by atoms with Crippen molar-refractivity contribution in [3.05, 3.63) is 97.4 Å². The molecule has 0 spiro atoms. The lowest BCUT2D eigenvalue weighted by molar-refractivity contribution is -0.0702. The Morgan fingerprint density at radius 2 is 1.39 bits per heavy atom. The minimum atomic E-state index is -4.22. The number of hydrogen-bond donors (Lipinski definition) is 1. The third kappa shape index (κ3) is 7.49. The van der Waals surface area contributed by atoms with Gasteiger partial charge in [-0.15, -0.1) is 0 Å². The van der Waals surface area contributed by atoms with E-state index >= 15 is 0 Å². The van der Waals surface area contributed by atoms with Gasteiger partial charge in [0.25, 0.3) is 10.0 Å². The molecule has 190 valence electrons. The Bertz CT molecular complexity index is 1330. The minimum Gasteiger partial charge on any atom is -0.390 e. The lowest BCUT2D eigenvalue weighted by atomic mass is 10.2. The summed E-state index contributed by atoms with van der Waals surface area (Å²) in [7, 11) is -4.22. The molecule has 0 aliphatic carbocycles. The second-order valence-corrected chi connectivity index (χ2v) is 10.5. The van der Waals surface area contributed by atoms with Gasteiger partial charge < -0.3 is 4.84 Å². The highest BCUT2D eigenvalue weighted by Crippen LogP contribution is 2.26. The Balaban J connectivity index is 1.77. The average molecular weight is 591 g/mol. The van der Waals surface area contributed by atoms with Crippen LogP contribution in [0.4, 0.5) is 4.79 Å². The summed E-state index contributed by atoms with van der Waals surface area (Å²) in [6.07, 6.45) is 0.843. The van der Waals surface area contributed by atoms with Crippen LogP contribution in [-0.4, -0.2) is 25.9 Å². The molecule has 0 bridgehead atoms. The van der Waals surface area contributed by atoms with E-state index in [2.05, 4.69) is 5.16 Å². The molecule has 13 heteroatoms. The molecule has 36 heavy (non-hydrogen) atoms. The van der Waals surface area contributed by atoms with Crippen LogP contribution in [0.2, 0.25) is 20.1 Å². The summed E-state index contributed by atoms with van der Waals surface area (Å²) in [6.45, 7) is 1.40. The largest absolute Gasteiger partial charge is 0.390 e. The van der Waals surface area contributed by atoms with E-state index in [1.165, 1.54) is 12.1 Å². The van der Waals surface area contributed by atoms with Crippen LogP contribution >= 0.6 is 46.4 Å². The zero-order valence-corrected chi connectivity index (χ0v) is 22.5. The van der Waals surface area contributed by atoms with Crippen LogP contribution in [0.3, 0.4) is 0 Å². The van der Waals surface area contributed by atoms with Crippen LogP contribution in [-0.2, 0) is 32.9 Å². The number of urea groups is 1. The minimum absolute atomic E-state index is 0.114. The monoisotopic (exact) mass is 589 g/mol. The number of nitrogens with one attached hydrogen (secondary N) is 1. The Hall–Kier alpha value is -2.53. The van der Waals surface area contributed by atoms with E-state index in [0.29, 0.717) is 26.2 Å². The second kappa shape index (κ2) is 12.6. The maximum atomic E-state index is 12.8. The van der Waals surface area contributed by atoms with Gasteiger partial charge in [-0.25, -0.2) is 17.9 Å². The number of carbonyl (C=O) groups excluding carboxylic acids is 1. The van der Waals surface area contributed by atoms with E-state index in [4.69, 9.17) is 56.1 Å². The van der Waals surface area contributed by atoms with Crippen LogP contribution in [0.15, 0.2) is 70.7 Å². The Morgan fingerprint density at radius 1 is 0.889 bits per heavy atom. The highest BCUT2D eigenvalue weighted by Gasteiger charge is 2.23. The molecule has 0 saturated heterocycles. The first-order valence-electron chi connectivity index (χ1n) is 10.2. The van der Waals surface area contributed by atoms with Crippen molar-refractivity contribution >= 4 is 68.8 Å². The number of sulfonamides is 1. The number of carbonyl (C=O) groups is 1. The molecule has 0 radical (unpaired) electrons. The lowest BCUT2D eigenvalue weighted by Gasteiger charge is -2.18. The number of hydrogen-bond acceptors (Lipinski definition) is 6. The second-order valence-electron chi connectivity index (χ2n) is 7.22. The zero-order chi connectivity index (χ0) is 26.3. The predicted octanol–water partition coefficient (Wildman–Crippen LogP) is 6.60. The van der Waals surface area contributed by atoms with Crippen molar-refractivity contribution < 1.29 is 22.9 Å².